The Balaban J connectivity index is 2.42. The zero-order chi connectivity index (χ0) is 5.33. The number of epoxide rings is 1. The van der Waals surface area contributed by atoms with E-state index in [2.05, 4.69) is 0 Å². The zero-order valence-electron chi connectivity index (χ0n) is 4.31. The molecule has 0 unspecified atom stereocenters. The van der Waals surface area contributed by atoms with Crippen LogP contribution in [0.1, 0.15) is 13.3 Å². The molecule has 0 saturated carbocycles. The molecule has 1 saturated heterocycles. The first-order chi connectivity index (χ1) is 3.33. The Bertz CT molecular complexity index is 84.1. The maximum absolute atomic E-state index is 10.00. The smallest absolute Gasteiger partial charge is 0.154 e. The van der Waals surface area contributed by atoms with Gasteiger partial charge in [0.05, 0.1) is 6.61 Å². The second-order valence-corrected chi connectivity index (χ2v) is 1.82. The molecule has 40 valence electrons. The molecule has 0 bridgehead atoms. The molecule has 0 aromatic heterocycles. The van der Waals surface area contributed by atoms with Crippen molar-refractivity contribution in [3.8, 4) is 0 Å². The zero-order valence-corrected chi connectivity index (χ0v) is 4.31. The molecule has 1 fully saturated rings. The van der Waals surface area contributed by atoms with Crippen molar-refractivity contribution in [3.63, 3.8) is 0 Å². The fourth-order valence-electron chi connectivity index (χ4n) is 0.448. The summed E-state index contributed by atoms with van der Waals surface area (Å²) in [5, 5.41) is 0. The topological polar surface area (TPSA) is 29.6 Å². The minimum atomic E-state index is -0.347. The van der Waals surface area contributed by atoms with Crippen LogP contribution in [0.5, 0.6) is 0 Å². The molecule has 1 rings (SSSR count). The lowest BCUT2D eigenvalue weighted by atomic mass is 10.1. The molecular weight excluding hydrogens is 92.1 g/mol. The first-order valence-electron chi connectivity index (χ1n) is 2.43. The summed E-state index contributed by atoms with van der Waals surface area (Å²) in [4.78, 5) is 10.00. The molecule has 0 aromatic carbocycles. The number of carbonyl (C=O) groups excluding carboxylic acids is 1. The summed E-state index contributed by atoms with van der Waals surface area (Å²) < 4.78 is 4.83. The van der Waals surface area contributed by atoms with Crippen molar-refractivity contribution in [3.05, 3.63) is 0 Å². The van der Waals surface area contributed by atoms with Crippen molar-refractivity contribution in [1.29, 1.82) is 0 Å². The number of aldehydes is 1. The summed E-state index contributed by atoms with van der Waals surface area (Å²) in [5.41, 5.74) is -0.347. The molecule has 0 spiro atoms. The van der Waals surface area contributed by atoms with Gasteiger partial charge in [-0.15, -0.1) is 0 Å². The summed E-state index contributed by atoms with van der Waals surface area (Å²) in [6.07, 6.45) is 1.70. The molecule has 0 radical (unpaired) electrons. The van der Waals surface area contributed by atoms with Gasteiger partial charge in [-0.25, -0.2) is 0 Å². The van der Waals surface area contributed by atoms with E-state index in [1.807, 2.05) is 6.92 Å². The van der Waals surface area contributed by atoms with Crippen molar-refractivity contribution in [2.45, 2.75) is 18.9 Å². The maximum atomic E-state index is 10.00. The van der Waals surface area contributed by atoms with Crippen LogP contribution in [0.15, 0.2) is 0 Å². The second kappa shape index (κ2) is 1.30. The van der Waals surface area contributed by atoms with Gasteiger partial charge in [0, 0.05) is 0 Å². The van der Waals surface area contributed by atoms with Crippen LogP contribution < -0.4 is 0 Å². The lowest BCUT2D eigenvalue weighted by Crippen LogP contribution is -2.09. The summed E-state index contributed by atoms with van der Waals surface area (Å²) in [6.45, 7) is 2.58. The highest BCUT2D eigenvalue weighted by molar-refractivity contribution is 5.65. The molecule has 1 atom stereocenters. The summed E-state index contributed by atoms with van der Waals surface area (Å²) in [6, 6.07) is 0. The summed E-state index contributed by atoms with van der Waals surface area (Å²) in [5.74, 6) is 0. The molecule has 0 aliphatic carbocycles. The van der Waals surface area contributed by atoms with Crippen LogP contribution in [-0.4, -0.2) is 18.5 Å². The van der Waals surface area contributed by atoms with Gasteiger partial charge in [0.1, 0.15) is 5.60 Å². The fraction of sp³-hybridized carbons (Fsp3) is 0.800. The number of hydrogen-bond acceptors (Lipinski definition) is 2. The fourth-order valence-corrected chi connectivity index (χ4v) is 0.448. The van der Waals surface area contributed by atoms with Crippen LogP contribution >= 0.6 is 0 Å². The molecule has 2 heteroatoms. The average molecular weight is 100 g/mol. The predicted octanol–water partition coefficient (Wildman–Crippen LogP) is 0.364. The van der Waals surface area contributed by atoms with Gasteiger partial charge >= 0.3 is 0 Å². The quantitative estimate of drug-likeness (QED) is 0.370. The molecule has 1 aliphatic rings. The highest BCUT2D eigenvalue weighted by atomic mass is 16.6. The van der Waals surface area contributed by atoms with Crippen LogP contribution in [0.2, 0.25) is 0 Å². The molecule has 0 aromatic rings. The first-order valence-corrected chi connectivity index (χ1v) is 2.43. The molecule has 0 amide bonds. The third-order valence-electron chi connectivity index (χ3n) is 1.33. The van der Waals surface area contributed by atoms with E-state index in [-0.39, 0.29) is 5.60 Å². The van der Waals surface area contributed by atoms with Gasteiger partial charge in [-0.3, -0.25) is 0 Å². The maximum Gasteiger partial charge on any atom is 0.154 e. The third-order valence-corrected chi connectivity index (χ3v) is 1.33. The Morgan fingerprint density at radius 1 is 2.00 bits per heavy atom. The van der Waals surface area contributed by atoms with E-state index in [0.29, 0.717) is 6.61 Å². The van der Waals surface area contributed by atoms with Gasteiger partial charge in [0.15, 0.2) is 6.29 Å². The second-order valence-electron chi connectivity index (χ2n) is 1.82. The summed E-state index contributed by atoms with van der Waals surface area (Å²) in [7, 11) is 0. The lowest BCUT2D eigenvalue weighted by Gasteiger charge is -1.91. The lowest BCUT2D eigenvalue weighted by molar-refractivity contribution is -0.112. The molecule has 0 N–H and O–H groups in total. The van der Waals surface area contributed by atoms with Gasteiger partial charge in [-0.05, 0) is 6.42 Å². The van der Waals surface area contributed by atoms with Crippen LogP contribution in [-0.2, 0) is 9.53 Å². The van der Waals surface area contributed by atoms with Crippen LogP contribution in [0.25, 0.3) is 0 Å². The SMILES string of the molecule is CC[C@@]1(C=O)CO1. The molecular formula is C5H8O2. The summed E-state index contributed by atoms with van der Waals surface area (Å²) >= 11 is 0. The Hall–Kier alpha value is -0.370. The van der Waals surface area contributed by atoms with Gasteiger partial charge in [-0.1, -0.05) is 6.92 Å². The first kappa shape index (κ1) is 4.78. The Labute approximate surface area is 42.5 Å². The van der Waals surface area contributed by atoms with E-state index < -0.39 is 0 Å². The van der Waals surface area contributed by atoms with E-state index >= 15 is 0 Å². The normalized spacial score (nSPS) is 37.9. The number of rotatable bonds is 2. The van der Waals surface area contributed by atoms with Gasteiger partial charge in [0.25, 0.3) is 0 Å². The Morgan fingerprint density at radius 3 is 2.57 bits per heavy atom. The minimum Gasteiger partial charge on any atom is -0.362 e. The van der Waals surface area contributed by atoms with E-state index in [9.17, 15) is 4.79 Å². The third kappa shape index (κ3) is 0.657. The average Bonchev–Trinajstić information content (AvgIpc) is 2.46. The molecule has 2 nitrogen and oxygen atoms in total. The van der Waals surface area contributed by atoms with Crippen molar-refractivity contribution < 1.29 is 9.53 Å². The van der Waals surface area contributed by atoms with Crippen molar-refractivity contribution in [2.24, 2.45) is 0 Å². The molecule has 7 heavy (non-hydrogen) atoms. The van der Waals surface area contributed by atoms with E-state index in [1.165, 1.54) is 0 Å². The predicted molar refractivity (Wildman–Crippen MR) is 25.0 cm³/mol. The molecule has 1 aliphatic heterocycles. The van der Waals surface area contributed by atoms with Gasteiger partial charge in [0.2, 0.25) is 0 Å². The number of ether oxygens (including phenoxy) is 1. The number of carbonyl (C=O) groups is 1. The Kier molecular flexibility index (Phi) is 0.889. The number of hydrogen-bond donors (Lipinski definition) is 0. The molecule has 1 heterocycles. The highest BCUT2D eigenvalue weighted by Crippen LogP contribution is 2.26. The van der Waals surface area contributed by atoms with Crippen molar-refractivity contribution in [2.75, 3.05) is 6.61 Å². The van der Waals surface area contributed by atoms with Crippen LogP contribution in [0, 0.1) is 0 Å². The largest absolute Gasteiger partial charge is 0.362 e. The van der Waals surface area contributed by atoms with Gasteiger partial charge in [-0.2, -0.15) is 0 Å². The monoisotopic (exact) mass is 100 g/mol. The van der Waals surface area contributed by atoms with Crippen molar-refractivity contribution in [1.82, 2.24) is 0 Å². The standard InChI is InChI=1S/C5H8O2/c1-2-5(3-6)4-7-5/h3H,2,4H2,1H3/t5-/m1/s1. The minimum absolute atomic E-state index is 0.347. The Morgan fingerprint density at radius 2 is 2.57 bits per heavy atom. The van der Waals surface area contributed by atoms with Gasteiger partial charge < -0.3 is 9.53 Å². The van der Waals surface area contributed by atoms with Crippen molar-refractivity contribution >= 4 is 6.29 Å². The van der Waals surface area contributed by atoms with Crippen LogP contribution in [0.3, 0.4) is 0 Å². The van der Waals surface area contributed by atoms with E-state index in [0.717, 1.165) is 12.7 Å². The highest BCUT2D eigenvalue weighted by Gasteiger charge is 2.42. The van der Waals surface area contributed by atoms with E-state index in [1.54, 1.807) is 0 Å². The van der Waals surface area contributed by atoms with Crippen LogP contribution in [0.4, 0.5) is 0 Å². The van der Waals surface area contributed by atoms with E-state index in [4.69, 9.17) is 4.74 Å².